The first-order valence-corrected chi connectivity index (χ1v) is 10.4. The molecule has 0 saturated carbocycles. The molecule has 162 valence electrons. The Balaban J connectivity index is 1.49. The summed E-state index contributed by atoms with van der Waals surface area (Å²) in [7, 11) is 0. The molecule has 0 aliphatic carbocycles. The molecule has 2 aromatic carbocycles. The lowest BCUT2D eigenvalue weighted by atomic mass is 10.1. The Morgan fingerprint density at radius 1 is 1.06 bits per heavy atom. The first kappa shape index (κ1) is 21.3. The van der Waals surface area contributed by atoms with Crippen molar-refractivity contribution in [1.29, 1.82) is 0 Å². The molecular formula is C26H24N2O4. The quantitative estimate of drug-likeness (QED) is 0.535. The van der Waals surface area contributed by atoms with E-state index in [1.165, 1.54) is 0 Å². The number of benzene rings is 2. The maximum Gasteiger partial charge on any atom is 0.267 e. The smallest absolute Gasteiger partial charge is 0.267 e. The van der Waals surface area contributed by atoms with E-state index in [1.807, 2.05) is 60.7 Å². The predicted octanol–water partition coefficient (Wildman–Crippen LogP) is 3.85. The lowest BCUT2D eigenvalue weighted by Gasteiger charge is -2.31. The van der Waals surface area contributed by atoms with E-state index in [2.05, 4.69) is 16.8 Å². The van der Waals surface area contributed by atoms with Crippen molar-refractivity contribution in [1.82, 2.24) is 9.88 Å². The van der Waals surface area contributed by atoms with Crippen LogP contribution in [0.15, 0.2) is 73.1 Å². The summed E-state index contributed by atoms with van der Waals surface area (Å²) < 4.78 is 17.3. The second-order valence-electron chi connectivity index (χ2n) is 7.28. The lowest BCUT2D eigenvalue weighted by molar-refractivity contribution is -0.142. The van der Waals surface area contributed by atoms with Crippen LogP contribution in [0.25, 0.3) is 0 Å². The largest absolute Gasteiger partial charge is 0.485 e. The Morgan fingerprint density at radius 3 is 2.59 bits per heavy atom. The molecule has 0 fully saturated rings. The molecule has 1 aliphatic heterocycles. The third kappa shape index (κ3) is 5.38. The van der Waals surface area contributed by atoms with Crippen LogP contribution >= 0.6 is 0 Å². The van der Waals surface area contributed by atoms with Gasteiger partial charge >= 0.3 is 0 Å². The molecule has 3 aromatic rings. The molecule has 2 heterocycles. The number of rotatable bonds is 7. The number of aromatic nitrogens is 1. The third-order valence-electron chi connectivity index (χ3n) is 4.98. The highest BCUT2D eigenvalue weighted by Crippen LogP contribution is 2.31. The number of hydrogen-bond acceptors (Lipinski definition) is 5. The molecule has 6 nitrogen and oxygen atoms in total. The molecule has 0 unspecified atom stereocenters. The fourth-order valence-electron chi connectivity index (χ4n) is 3.37. The number of carbonyl (C=O) groups is 1. The first-order valence-electron chi connectivity index (χ1n) is 10.4. The van der Waals surface area contributed by atoms with E-state index in [0.29, 0.717) is 31.2 Å². The second-order valence-corrected chi connectivity index (χ2v) is 7.28. The Hall–Kier alpha value is -3.98. The van der Waals surface area contributed by atoms with Crippen molar-refractivity contribution in [2.24, 2.45) is 0 Å². The van der Waals surface area contributed by atoms with E-state index in [4.69, 9.17) is 14.2 Å². The second kappa shape index (κ2) is 10.4. The minimum Gasteiger partial charge on any atom is -0.485 e. The van der Waals surface area contributed by atoms with Crippen molar-refractivity contribution in [3.05, 3.63) is 84.2 Å². The maximum atomic E-state index is 13.4. The minimum absolute atomic E-state index is 0.137. The van der Waals surface area contributed by atoms with Crippen molar-refractivity contribution < 1.29 is 19.0 Å². The number of amides is 1. The molecule has 1 aromatic heterocycles. The van der Waals surface area contributed by atoms with Crippen LogP contribution in [0, 0.1) is 11.8 Å². The topological polar surface area (TPSA) is 60.9 Å². The summed E-state index contributed by atoms with van der Waals surface area (Å²) in [6.45, 7) is 3.13. The number of hydrogen-bond donors (Lipinski definition) is 0. The van der Waals surface area contributed by atoms with Gasteiger partial charge in [-0.25, -0.2) is 0 Å². The summed E-state index contributed by atoms with van der Waals surface area (Å²) in [5.41, 5.74) is 1.92. The molecule has 4 rings (SSSR count). The summed E-state index contributed by atoms with van der Waals surface area (Å²) in [6.07, 6.45) is 2.77. The maximum absolute atomic E-state index is 13.4. The number of para-hydroxylation sites is 2. The fourth-order valence-corrected chi connectivity index (χ4v) is 3.37. The Morgan fingerprint density at radius 2 is 1.84 bits per heavy atom. The third-order valence-corrected chi connectivity index (χ3v) is 4.98. The van der Waals surface area contributed by atoms with Crippen molar-refractivity contribution in [2.45, 2.75) is 26.1 Å². The van der Waals surface area contributed by atoms with Gasteiger partial charge in [0.05, 0.1) is 0 Å². The average Bonchev–Trinajstić information content (AvgIpc) is 2.85. The highest BCUT2D eigenvalue weighted by Gasteiger charge is 2.31. The lowest BCUT2D eigenvalue weighted by Crippen LogP contribution is -2.45. The molecule has 32 heavy (non-hydrogen) atoms. The van der Waals surface area contributed by atoms with Gasteiger partial charge in [0, 0.05) is 25.5 Å². The van der Waals surface area contributed by atoms with Gasteiger partial charge in [-0.15, -0.1) is 5.92 Å². The van der Waals surface area contributed by atoms with E-state index in [0.717, 1.165) is 16.9 Å². The summed E-state index contributed by atoms with van der Waals surface area (Å²) in [5.74, 6) is 7.51. The molecule has 0 saturated heterocycles. The Bertz CT molecular complexity index is 1100. The predicted molar refractivity (Wildman–Crippen MR) is 120 cm³/mol. The SMILES string of the molecule is CC#CCOc1ccc(CN(Cc2cccnc2)C(=O)[C@H]2COc3ccccc3O2)cc1. The highest BCUT2D eigenvalue weighted by atomic mass is 16.6. The van der Waals surface area contributed by atoms with Crippen LogP contribution in [0.3, 0.4) is 0 Å². The summed E-state index contributed by atoms with van der Waals surface area (Å²) in [6, 6.07) is 18.9. The molecule has 0 N–H and O–H groups in total. The van der Waals surface area contributed by atoms with E-state index in [1.54, 1.807) is 24.2 Å². The van der Waals surface area contributed by atoms with Crippen LogP contribution in [-0.4, -0.2) is 35.1 Å². The molecule has 0 radical (unpaired) electrons. The van der Waals surface area contributed by atoms with Gasteiger partial charge in [-0.2, -0.15) is 0 Å². The summed E-state index contributed by atoms with van der Waals surface area (Å²) in [4.78, 5) is 19.4. The van der Waals surface area contributed by atoms with Gasteiger partial charge in [0.1, 0.15) is 19.0 Å². The number of fused-ring (bicyclic) bond motifs is 1. The van der Waals surface area contributed by atoms with Gasteiger partial charge < -0.3 is 19.1 Å². The van der Waals surface area contributed by atoms with Gasteiger partial charge in [-0.05, 0) is 48.4 Å². The van der Waals surface area contributed by atoms with Crippen LogP contribution in [0.4, 0.5) is 0 Å². The summed E-state index contributed by atoms with van der Waals surface area (Å²) in [5, 5.41) is 0. The molecular weight excluding hydrogens is 404 g/mol. The van der Waals surface area contributed by atoms with Crippen molar-refractivity contribution in [2.75, 3.05) is 13.2 Å². The average molecular weight is 428 g/mol. The highest BCUT2D eigenvalue weighted by molar-refractivity contribution is 5.82. The molecule has 1 amide bonds. The zero-order valence-electron chi connectivity index (χ0n) is 17.9. The van der Waals surface area contributed by atoms with Crippen LogP contribution in [-0.2, 0) is 17.9 Å². The van der Waals surface area contributed by atoms with Crippen LogP contribution in [0.2, 0.25) is 0 Å². The van der Waals surface area contributed by atoms with E-state index in [9.17, 15) is 4.79 Å². The van der Waals surface area contributed by atoms with E-state index >= 15 is 0 Å². The summed E-state index contributed by atoms with van der Waals surface area (Å²) >= 11 is 0. The van der Waals surface area contributed by atoms with E-state index in [-0.39, 0.29) is 12.5 Å². The van der Waals surface area contributed by atoms with Crippen molar-refractivity contribution in [3.63, 3.8) is 0 Å². The minimum atomic E-state index is -0.711. The standard InChI is InChI=1S/C26H24N2O4/c1-2-3-15-30-22-12-10-20(11-13-22)17-28(18-21-7-6-14-27-16-21)26(29)25-19-31-23-8-4-5-9-24(23)32-25/h4-14,16,25H,15,17-19H2,1H3/t25-/m1/s1. The molecule has 0 spiro atoms. The number of ether oxygens (including phenoxy) is 3. The van der Waals surface area contributed by atoms with Gasteiger partial charge in [0.25, 0.3) is 5.91 Å². The first-order chi connectivity index (χ1) is 15.7. The molecule has 0 bridgehead atoms. The van der Waals surface area contributed by atoms with Gasteiger partial charge in [0.2, 0.25) is 6.10 Å². The monoisotopic (exact) mass is 428 g/mol. The fraction of sp³-hybridized carbons (Fsp3) is 0.231. The number of nitrogens with zero attached hydrogens (tertiary/aromatic N) is 2. The number of pyridine rings is 1. The zero-order valence-corrected chi connectivity index (χ0v) is 17.9. The van der Waals surface area contributed by atoms with Gasteiger partial charge in [-0.1, -0.05) is 36.3 Å². The van der Waals surface area contributed by atoms with E-state index < -0.39 is 6.10 Å². The van der Waals surface area contributed by atoms with Crippen LogP contribution < -0.4 is 14.2 Å². The van der Waals surface area contributed by atoms with Crippen molar-refractivity contribution in [3.8, 4) is 29.1 Å². The molecule has 6 heteroatoms. The van der Waals surface area contributed by atoms with Crippen LogP contribution in [0.5, 0.6) is 17.2 Å². The van der Waals surface area contributed by atoms with Crippen molar-refractivity contribution >= 4 is 5.91 Å². The van der Waals surface area contributed by atoms with Crippen LogP contribution in [0.1, 0.15) is 18.1 Å². The normalized spacial score (nSPS) is 14.1. The zero-order chi connectivity index (χ0) is 22.2. The Kier molecular flexibility index (Phi) is 6.88. The number of carbonyl (C=O) groups excluding carboxylic acids is 1. The van der Waals surface area contributed by atoms with Gasteiger partial charge in [0.15, 0.2) is 11.5 Å². The molecule has 1 aliphatic rings. The Labute approximate surface area is 187 Å². The molecule has 1 atom stereocenters. The van der Waals surface area contributed by atoms with Gasteiger partial charge in [-0.3, -0.25) is 9.78 Å².